The van der Waals surface area contributed by atoms with Gasteiger partial charge in [-0.3, -0.25) is 4.79 Å². The average molecular weight is 489 g/mol. The van der Waals surface area contributed by atoms with Crippen LogP contribution >= 0.6 is 11.6 Å². The number of hydrogen-bond donors (Lipinski definition) is 0. The maximum Gasteiger partial charge on any atom is 0.345 e. The largest absolute Gasteiger partial charge is 0.493 e. The summed E-state index contributed by atoms with van der Waals surface area (Å²) in [7, 11) is 0. The summed E-state index contributed by atoms with van der Waals surface area (Å²) in [6, 6.07) is 9.93. The molecule has 2 aromatic carbocycles. The molecule has 186 valence electrons. The van der Waals surface area contributed by atoms with Gasteiger partial charge in [-0.05, 0) is 44.0 Å². The van der Waals surface area contributed by atoms with E-state index in [4.69, 9.17) is 25.8 Å². The van der Waals surface area contributed by atoms with Gasteiger partial charge in [0.15, 0.2) is 11.5 Å². The molecule has 0 heterocycles. The highest BCUT2D eigenvalue weighted by Gasteiger charge is 2.19. The lowest BCUT2D eigenvalue weighted by Gasteiger charge is -2.14. The first-order valence-electron chi connectivity index (χ1n) is 12.4. The van der Waals surface area contributed by atoms with Crippen LogP contribution in [0.15, 0.2) is 36.4 Å². The number of halogens is 1. The van der Waals surface area contributed by atoms with Crippen molar-refractivity contribution in [3.05, 3.63) is 52.5 Å². The number of esters is 2. The van der Waals surface area contributed by atoms with Gasteiger partial charge in [-0.1, -0.05) is 82.5 Å². The van der Waals surface area contributed by atoms with E-state index in [1.165, 1.54) is 38.5 Å². The third-order valence-corrected chi connectivity index (χ3v) is 6.03. The minimum atomic E-state index is -0.623. The Hall–Kier alpha value is -2.53. The Morgan fingerprint density at radius 1 is 0.765 bits per heavy atom. The summed E-state index contributed by atoms with van der Waals surface area (Å²) in [6.45, 7) is 6.56. The summed E-state index contributed by atoms with van der Waals surface area (Å²) >= 11 is 6.48. The van der Waals surface area contributed by atoms with E-state index >= 15 is 0 Å². The van der Waals surface area contributed by atoms with Crippen LogP contribution in [-0.4, -0.2) is 18.5 Å². The Morgan fingerprint density at radius 2 is 1.38 bits per heavy atom. The molecule has 34 heavy (non-hydrogen) atoms. The van der Waals surface area contributed by atoms with Gasteiger partial charge < -0.3 is 14.2 Å². The molecule has 0 aliphatic heterocycles. The van der Waals surface area contributed by atoms with Crippen molar-refractivity contribution in [1.29, 1.82) is 0 Å². The fourth-order valence-corrected chi connectivity index (χ4v) is 3.78. The first-order chi connectivity index (χ1) is 16.5. The summed E-state index contributed by atoms with van der Waals surface area (Å²) in [4.78, 5) is 24.7. The van der Waals surface area contributed by atoms with Crippen LogP contribution in [0.25, 0.3) is 0 Å². The zero-order valence-corrected chi connectivity index (χ0v) is 21.4. The molecule has 2 rings (SSSR count). The average Bonchev–Trinajstić information content (AvgIpc) is 2.82. The number of hydrogen-bond acceptors (Lipinski definition) is 5. The molecule has 2 aromatic rings. The first kappa shape index (κ1) is 27.7. The molecule has 6 heteroatoms. The van der Waals surface area contributed by atoms with Crippen molar-refractivity contribution in [2.75, 3.05) is 6.61 Å². The Labute approximate surface area is 208 Å². The molecule has 0 aromatic heterocycles. The number of unbranched alkanes of at least 4 members (excludes halogenated alkanes) is 7. The normalized spacial score (nSPS) is 10.7. The molecular formula is C28H37ClO5. The first-order valence-corrected chi connectivity index (χ1v) is 12.8. The van der Waals surface area contributed by atoms with Gasteiger partial charge in [-0.15, -0.1) is 0 Å². The van der Waals surface area contributed by atoms with Gasteiger partial charge in [0.1, 0.15) is 5.75 Å². The molecule has 0 atom stereocenters. The molecule has 0 unspecified atom stereocenters. The number of benzene rings is 2. The van der Waals surface area contributed by atoms with E-state index in [2.05, 4.69) is 6.92 Å². The fourth-order valence-electron chi connectivity index (χ4n) is 3.55. The van der Waals surface area contributed by atoms with E-state index in [-0.39, 0.29) is 29.5 Å². The van der Waals surface area contributed by atoms with Crippen LogP contribution in [0.5, 0.6) is 17.2 Å². The smallest absolute Gasteiger partial charge is 0.345 e. The van der Waals surface area contributed by atoms with E-state index in [0.29, 0.717) is 29.4 Å². The number of carbonyl (C=O) groups is 2. The molecule has 0 fully saturated rings. The van der Waals surface area contributed by atoms with Crippen molar-refractivity contribution in [3.63, 3.8) is 0 Å². The number of para-hydroxylation sites is 2. The second-order valence-corrected chi connectivity index (χ2v) is 8.81. The van der Waals surface area contributed by atoms with Crippen LogP contribution < -0.4 is 14.2 Å². The van der Waals surface area contributed by atoms with Crippen molar-refractivity contribution in [1.82, 2.24) is 0 Å². The van der Waals surface area contributed by atoms with E-state index in [1.54, 1.807) is 36.4 Å². The molecule has 0 aliphatic rings. The van der Waals surface area contributed by atoms with Crippen molar-refractivity contribution in [2.24, 2.45) is 0 Å². The number of ether oxygens (including phenoxy) is 3. The maximum atomic E-state index is 12.8. The molecule has 0 spiro atoms. The predicted molar refractivity (Wildman–Crippen MR) is 136 cm³/mol. The molecule has 0 radical (unpaired) electrons. The third kappa shape index (κ3) is 9.02. The van der Waals surface area contributed by atoms with Crippen LogP contribution in [0, 0.1) is 6.92 Å². The third-order valence-electron chi connectivity index (χ3n) is 5.54. The molecule has 0 saturated carbocycles. The number of carbonyl (C=O) groups excluding carboxylic acids is 2. The zero-order chi connectivity index (χ0) is 24.8. The quantitative estimate of drug-likeness (QED) is 0.144. The molecular weight excluding hydrogens is 452 g/mol. The Kier molecular flexibility index (Phi) is 12.5. The van der Waals surface area contributed by atoms with Crippen LogP contribution in [0.3, 0.4) is 0 Å². The van der Waals surface area contributed by atoms with Crippen molar-refractivity contribution in [3.8, 4) is 17.2 Å². The Balaban J connectivity index is 1.91. The topological polar surface area (TPSA) is 61.8 Å². The molecule has 0 aliphatic carbocycles. The standard InChI is InChI=1S/C28H37ClO5/c1-4-6-7-8-9-10-11-14-20-32-23-19-18-22(27(29)21(23)3)28(31)34-25-17-13-12-16-24(25)33-26(30)15-5-2/h12-13,16-19H,4-11,14-15,20H2,1-3H3. The lowest BCUT2D eigenvalue weighted by molar-refractivity contribution is -0.134. The molecule has 5 nitrogen and oxygen atoms in total. The minimum Gasteiger partial charge on any atom is -0.493 e. The summed E-state index contributed by atoms with van der Waals surface area (Å²) < 4.78 is 16.7. The maximum absolute atomic E-state index is 12.8. The highest BCUT2D eigenvalue weighted by atomic mass is 35.5. The highest BCUT2D eigenvalue weighted by Crippen LogP contribution is 2.32. The van der Waals surface area contributed by atoms with Crippen molar-refractivity contribution in [2.45, 2.75) is 85.0 Å². The Bertz CT molecular complexity index is 925. The van der Waals surface area contributed by atoms with E-state index in [9.17, 15) is 9.59 Å². The molecule has 0 bridgehead atoms. The minimum absolute atomic E-state index is 0.167. The SMILES string of the molecule is CCCCCCCCCCOc1ccc(C(=O)Oc2ccccc2OC(=O)CCC)c(Cl)c1C. The second kappa shape index (κ2) is 15.4. The molecule has 0 amide bonds. The summed E-state index contributed by atoms with van der Waals surface area (Å²) in [6.07, 6.45) is 10.8. The van der Waals surface area contributed by atoms with Gasteiger partial charge in [0.05, 0.1) is 17.2 Å². The van der Waals surface area contributed by atoms with Gasteiger partial charge in [0.2, 0.25) is 0 Å². The van der Waals surface area contributed by atoms with Gasteiger partial charge in [-0.25, -0.2) is 4.79 Å². The summed E-state index contributed by atoms with van der Waals surface area (Å²) in [5, 5.41) is 0.291. The summed E-state index contributed by atoms with van der Waals surface area (Å²) in [5.41, 5.74) is 0.923. The van der Waals surface area contributed by atoms with Crippen LogP contribution in [0.2, 0.25) is 5.02 Å². The van der Waals surface area contributed by atoms with E-state index < -0.39 is 5.97 Å². The fraction of sp³-hybridized carbons (Fsp3) is 0.500. The highest BCUT2D eigenvalue weighted by molar-refractivity contribution is 6.34. The van der Waals surface area contributed by atoms with Crippen LogP contribution in [-0.2, 0) is 4.79 Å². The zero-order valence-electron chi connectivity index (χ0n) is 20.7. The molecule has 0 saturated heterocycles. The Morgan fingerprint density at radius 3 is 2.03 bits per heavy atom. The van der Waals surface area contributed by atoms with Crippen molar-refractivity contribution >= 4 is 23.5 Å². The van der Waals surface area contributed by atoms with Gasteiger partial charge in [0.25, 0.3) is 0 Å². The monoisotopic (exact) mass is 488 g/mol. The lowest BCUT2D eigenvalue weighted by atomic mass is 10.1. The predicted octanol–water partition coefficient (Wildman–Crippen LogP) is 8.09. The van der Waals surface area contributed by atoms with E-state index in [1.807, 2.05) is 13.8 Å². The second-order valence-electron chi connectivity index (χ2n) is 8.43. The van der Waals surface area contributed by atoms with Crippen molar-refractivity contribution < 1.29 is 23.8 Å². The molecule has 0 N–H and O–H groups in total. The summed E-state index contributed by atoms with van der Waals surface area (Å²) in [5.74, 6) is 0.0335. The van der Waals surface area contributed by atoms with Gasteiger partial charge in [0, 0.05) is 12.0 Å². The van der Waals surface area contributed by atoms with Crippen LogP contribution in [0.4, 0.5) is 0 Å². The van der Waals surface area contributed by atoms with E-state index in [0.717, 1.165) is 12.8 Å². The van der Waals surface area contributed by atoms with Gasteiger partial charge in [-0.2, -0.15) is 0 Å². The number of rotatable bonds is 15. The lowest BCUT2D eigenvalue weighted by Crippen LogP contribution is -2.13. The van der Waals surface area contributed by atoms with Crippen LogP contribution in [0.1, 0.15) is 94.0 Å². The van der Waals surface area contributed by atoms with Gasteiger partial charge >= 0.3 is 11.9 Å².